The number of aromatic nitrogens is 1. The van der Waals surface area contributed by atoms with Crippen LogP contribution in [-0.2, 0) is 13.2 Å². The summed E-state index contributed by atoms with van der Waals surface area (Å²) in [6.07, 6.45) is 0. The van der Waals surface area contributed by atoms with Gasteiger partial charge in [-0.05, 0) is 13.0 Å². The second-order valence-corrected chi connectivity index (χ2v) is 4.30. The van der Waals surface area contributed by atoms with Crippen LogP contribution in [0, 0.1) is 6.92 Å². The normalized spacial score (nSPS) is 10.4. The Bertz CT molecular complexity index is 454. The maximum atomic E-state index is 5.69. The minimum absolute atomic E-state index is 0.494. The second kappa shape index (κ2) is 5.09. The lowest BCUT2D eigenvalue weighted by Gasteiger charge is -2.09. The van der Waals surface area contributed by atoms with Gasteiger partial charge in [0, 0.05) is 17.5 Å². The van der Waals surface area contributed by atoms with Gasteiger partial charge in [0.25, 0.3) is 0 Å². The molecule has 0 spiro atoms. The summed E-state index contributed by atoms with van der Waals surface area (Å²) in [5.41, 5.74) is 10.7. The molecule has 0 atom stereocenters. The van der Waals surface area contributed by atoms with Crippen LogP contribution in [0.5, 0.6) is 5.75 Å². The number of hydrogen-bond donors (Lipinski definition) is 1. The molecule has 0 amide bonds. The molecule has 0 bridgehead atoms. The van der Waals surface area contributed by atoms with E-state index in [2.05, 4.69) is 11.1 Å². The Labute approximate surface area is 98.9 Å². The van der Waals surface area contributed by atoms with Crippen molar-refractivity contribution in [1.29, 1.82) is 0 Å². The zero-order chi connectivity index (χ0) is 11.4. The molecule has 1 aromatic heterocycles. The summed E-state index contributed by atoms with van der Waals surface area (Å²) in [7, 11) is 0. The molecule has 1 heterocycles. The predicted molar refractivity (Wildman–Crippen MR) is 65.5 cm³/mol. The lowest BCUT2D eigenvalue weighted by Crippen LogP contribution is -2.03. The molecule has 1 aromatic carbocycles. The molecule has 0 saturated heterocycles. The quantitative estimate of drug-likeness (QED) is 0.884. The number of rotatable bonds is 4. The fourth-order valence-electron chi connectivity index (χ4n) is 1.47. The van der Waals surface area contributed by atoms with Crippen LogP contribution in [0.4, 0.5) is 0 Å². The Hall–Kier alpha value is -1.39. The van der Waals surface area contributed by atoms with Gasteiger partial charge in [0.2, 0.25) is 0 Å². The molecular formula is C12H14N2OS. The van der Waals surface area contributed by atoms with Gasteiger partial charge in [-0.25, -0.2) is 4.98 Å². The first kappa shape index (κ1) is 11.1. The van der Waals surface area contributed by atoms with Crippen molar-refractivity contribution < 1.29 is 4.74 Å². The van der Waals surface area contributed by atoms with E-state index in [0.29, 0.717) is 13.2 Å². The highest BCUT2D eigenvalue weighted by atomic mass is 32.1. The molecule has 0 aliphatic rings. The van der Waals surface area contributed by atoms with Crippen LogP contribution in [0.1, 0.15) is 16.8 Å². The molecule has 0 unspecified atom stereocenters. The molecule has 4 heteroatoms. The van der Waals surface area contributed by atoms with Crippen molar-refractivity contribution in [3.8, 4) is 5.75 Å². The van der Waals surface area contributed by atoms with E-state index in [-0.39, 0.29) is 0 Å². The van der Waals surface area contributed by atoms with E-state index in [1.807, 2.05) is 24.4 Å². The number of nitrogens with zero attached hydrogens (tertiary/aromatic N) is 1. The molecule has 2 N–H and O–H groups in total. The van der Waals surface area contributed by atoms with Crippen LogP contribution < -0.4 is 10.5 Å². The van der Waals surface area contributed by atoms with Crippen LogP contribution >= 0.6 is 11.3 Å². The fraction of sp³-hybridized carbons (Fsp3) is 0.250. The summed E-state index contributed by atoms with van der Waals surface area (Å²) in [5, 5.41) is 1.98. The zero-order valence-electron chi connectivity index (χ0n) is 9.14. The molecule has 0 aliphatic carbocycles. The van der Waals surface area contributed by atoms with Gasteiger partial charge in [0.1, 0.15) is 12.4 Å². The van der Waals surface area contributed by atoms with E-state index in [0.717, 1.165) is 17.0 Å². The minimum atomic E-state index is 0.494. The van der Waals surface area contributed by atoms with Crippen LogP contribution in [0.2, 0.25) is 0 Å². The standard InChI is InChI=1S/C12H14N2OS/c1-9-2-3-12(10(4-9)5-13)15-6-11-7-16-8-14-11/h2-4,7-8H,5-6,13H2,1H3. The first-order valence-corrected chi connectivity index (χ1v) is 6.03. The van der Waals surface area contributed by atoms with Crippen LogP contribution in [0.15, 0.2) is 29.1 Å². The average molecular weight is 234 g/mol. The molecule has 3 nitrogen and oxygen atoms in total. The van der Waals surface area contributed by atoms with Gasteiger partial charge < -0.3 is 10.5 Å². The van der Waals surface area contributed by atoms with Crippen LogP contribution in [-0.4, -0.2) is 4.98 Å². The highest BCUT2D eigenvalue weighted by Crippen LogP contribution is 2.20. The third kappa shape index (κ3) is 2.59. The zero-order valence-corrected chi connectivity index (χ0v) is 9.96. The van der Waals surface area contributed by atoms with Gasteiger partial charge >= 0.3 is 0 Å². The number of thiazole rings is 1. The topological polar surface area (TPSA) is 48.1 Å². The highest BCUT2D eigenvalue weighted by Gasteiger charge is 2.03. The Morgan fingerprint density at radius 2 is 2.31 bits per heavy atom. The van der Waals surface area contributed by atoms with E-state index in [1.54, 1.807) is 16.8 Å². The molecule has 2 rings (SSSR count). The summed E-state index contributed by atoms with van der Waals surface area (Å²) in [5.74, 6) is 0.848. The summed E-state index contributed by atoms with van der Waals surface area (Å²) >= 11 is 1.57. The number of ether oxygens (including phenoxy) is 1. The van der Waals surface area contributed by atoms with Crippen LogP contribution in [0.25, 0.3) is 0 Å². The van der Waals surface area contributed by atoms with E-state index in [4.69, 9.17) is 10.5 Å². The molecule has 2 aromatic rings. The smallest absolute Gasteiger partial charge is 0.131 e. The number of aryl methyl sites for hydroxylation is 1. The first-order chi connectivity index (χ1) is 7.79. The number of nitrogens with two attached hydrogens (primary N) is 1. The average Bonchev–Trinajstić information content (AvgIpc) is 2.80. The molecular weight excluding hydrogens is 220 g/mol. The fourth-order valence-corrected chi connectivity index (χ4v) is 2.01. The SMILES string of the molecule is Cc1ccc(OCc2cscn2)c(CN)c1. The number of benzene rings is 1. The van der Waals surface area contributed by atoms with Crippen molar-refractivity contribution in [2.24, 2.45) is 5.73 Å². The highest BCUT2D eigenvalue weighted by molar-refractivity contribution is 7.07. The largest absolute Gasteiger partial charge is 0.487 e. The Morgan fingerprint density at radius 1 is 1.44 bits per heavy atom. The summed E-state index contributed by atoms with van der Waals surface area (Å²) in [6.45, 7) is 3.04. The Morgan fingerprint density at radius 3 is 3.00 bits per heavy atom. The Balaban J connectivity index is 2.09. The molecule has 0 fully saturated rings. The van der Waals surface area contributed by atoms with Crippen molar-refractivity contribution in [2.75, 3.05) is 0 Å². The van der Waals surface area contributed by atoms with Gasteiger partial charge in [0.15, 0.2) is 0 Å². The van der Waals surface area contributed by atoms with Crippen molar-refractivity contribution in [3.63, 3.8) is 0 Å². The van der Waals surface area contributed by atoms with Crippen molar-refractivity contribution in [2.45, 2.75) is 20.1 Å². The monoisotopic (exact) mass is 234 g/mol. The van der Waals surface area contributed by atoms with Gasteiger partial charge in [-0.3, -0.25) is 0 Å². The van der Waals surface area contributed by atoms with Gasteiger partial charge in [0.05, 0.1) is 11.2 Å². The van der Waals surface area contributed by atoms with Crippen molar-refractivity contribution >= 4 is 11.3 Å². The minimum Gasteiger partial charge on any atom is -0.487 e. The second-order valence-electron chi connectivity index (χ2n) is 3.58. The van der Waals surface area contributed by atoms with E-state index in [1.165, 1.54) is 5.56 Å². The number of hydrogen-bond acceptors (Lipinski definition) is 4. The van der Waals surface area contributed by atoms with Crippen molar-refractivity contribution in [3.05, 3.63) is 45.9 Å². The lowest BCUT2D eigenvalue weighted by molar-refractivity contribution is 0.299. The van der Waals surface area contributed by atoms with Crippen molar-refractivity contribution in [1.82, 2.24) is 4.98 Å². The summed E-state index contributed by atoms with van der Waals surface area (Å²) in [4.78, 5) is 4.17. The molecule has 0 saturated carbocycles. The summed E-state index contributed by atoms with van der Waals surface area (Å²) in [6, 6.07) is 6.04. The third-order valence-corrected chi connectivity index (χ3v) is 2.93. The van der Waals surface area contributed by atoms with E-state index < -0.39 is 0 Å². The third-order valence-electron chi connectivity index (χ3n) is 2.29. The Kier molecular flexibility index (Phi) is 3.54. The molecule has 84 valence electrons. The van der Waals surface area contributed by atoms with Crippen LogP contribution in [0.3, 0.4) is 0 Å². The van der Waals surface area contributed by atoms with Gasteiger partial charge in [-0.15, -0.1) is 11.3 Å². The molecule has 16 heavy (non-hydrogen) atoms. The first-order valence-electron chi connectivity index (χ1n) is 5.09. The van der Waals surface area contributed by atoms with E-state index >= 15 is 0 Å². The molecule has 0 aliphatic heterocycles. The summed E-state index contributed by atoms with van der Waals surface area (Å²) < 4.78 is 5.69. The molecule has 0 radical (unpaired) electrons. The van der Waals surface area contributed by atoms with Gasteiger partial charge in [-0.2, -0.15) is 0 Å². The maximum Gasteiger partial charge on any atom is 0.131 e. The predicted octanol–water partition coefficient (Wildman–Crippen LogP) is 2.49. The maximum absolute atomic E-state index is 5.69. The van der Waals surface area contributed by atoms with Gasteiger partial charge in [-0.1, -0.05) is 17.7 Å². The lowest BCUT2D eigenvalue weighted by atomic mass is 10.1. The van der Waals surface area contributed by atoms with E-state index in [9.17, 15) is 0 Å².